The molecular weight excluding hydrogens is 993 g/mol. The molecule has 386 valence electrons. The van der Waals surface area contributed by atoms with Crippen LogP contribution in [0.3, 0.4) is 0 Å². The Hall–Kier alpha value is -7.52. The number of carboxylic acids is 2. The quantitative estimate of drug-likeness (QED) is 0.147. The molecule has 0 saturated heterocycles. The third kappa shape index (κ3) is 10.0. The van der Waals surface area contributed by atoms with E-state index in [0.717, 1.165) is 38.7 Å². The van der Waals surface area contributed by atoms with E-state index in [-0.39, 0.29) is 54.2 Å². The Kier molecular flexibility index (Phi) is 13.3. The molecule has 22 heteroatoms. The van der Waals surface area contributed by atoms with Crippen LogP contribution in [0.1, 0.15) is 106 Å². The Morgan fingerprint density at radius 3 is 1.68 bits per heavy atom. The van der Waals surface area contributed by atoms with E-state index in [1.54, 1.807) is 63.5 Å². The topological polar surface area (TPSA) is 136 Å². The highest BCUT2D eigenvalue weighted by molar-refractivity contribution is 6.19. The largest absolute Gasteiger partial charge is 0.478 e. The fourth-order valence-corrected chi connectivity index (χ4v) is 9.55. The second-order valence-electron chi connectivity index (χ2n) is 18.7. The Morgan fingerprint density at radius 2 is 1.15 bits per heavy atom. The number of rotatable bonds is 5. The van der Waals surface area contributed by atoms with E-state index in [9.17, 15) is 82.1 Å². The average molecular weight is 1030 g/mol. The molecule has 0 aliphatic carbocycles. The number of nitrogens with one attached hydrogen (secondary N) is 1. The summed E-state index contributed by atoms with van der Waals surface area (Å²) in [4.78, 5) is 56.0. The van der Waals surface area contributed by atoms with Crippen LogP contribution in [0.25, 0.3) is 33.0 Å². The highest BCUT2D eigenvalue weighted by atomic mass is 19.4. The van der Waals surface area contributed by atoms with Crippen molar-refractivity contribution in [3.8, 4) is 0 Å². The summed E-state index contributed by atoms with van der Waals surface area (Å²) in [6, 6.07) is 13.7. The summed E-state index contributed by atoms with van der Waals surface area (Å²) in [6.45, 7) is 10.4. The Morgan fingerprint density at radius 1 is 0.616 bits per heavy atom. The summed E-state index contributed by atoms with van der Waals surface area (Å²) < 4.78 is 163. The first-order valence-corrected chi connectivity index (χ1v) is 21.9. The van der Waals surface area contributed by atoms with Gasteiger partial charge in [-0.2, -0.15) is 52.7 Å². The van der Waals surface area contributed by atoms with Crippen LogP contribution in [-0.2, 0) is 51.7 Å². The van der Waals surface area contributed by atoms with Crippen molar-refractivity contribution in [2.24, 2.45) is 0 Å². The molecule has 0 bridgehead atoms. The number of amides is 2. The molecule has 4 aromatic carbocycles. The Balaban J connectivity index is 0.000000214. The lowest BCUT2D eigenvalue weighted by Gasteiger charge is -2.30. The molecular formula is C51H42F12N4O6. The normalized spacial score (nSPS) is 15.9. The predicted octanol–water partition coefficient (Wildman–Crippen LogP) is 12.9. The third-order valence-electron chi connectivity index (χ3n) is 12.6. The molecule has 2 aliphatic rings. The summed E-state index contributed by atoms with van der Waals surface area (Å²) >= 11 is 0. The number of carbonyl (C=O) groups is 4. The van der Waals surface area contributed by atoms with E-state index in [2.05, 4.69) is 4.98 Å². The molecule has 2 amide bonds. The van der Waals surface area contributed by atoms with Crippen molar-refractivity contribution in [1.29, 1.82) is 0 Å². The van der Waals surface area contributed by atoms with Crippen molar-refractivity contribution >= 4 is 56.7 Å². The van der Waals surface area contributed by atoms with Crippen molar-refractivity contribution in [3.63, 3.8) is 0 Å². The minimum absolute atomic E-state index is 0.0708. The molecule has 0 radical (unpaired) electrons. The summed E-state index contributed by atoms with van der Waals surface area (Å²) in [6.07, 6.45) is -18.5. The van der Waals surface area contributed by atoms with Gasteiger partial charge in [0.2, 0.25) is 0 Å². The van der Waals surface area contributed by atoms with Gasteiger partial charge in [0, 0.05) is 70.2 Å². The number of aromatic amines is 1. The van der Waals surface area contributed by atoms with Gasteiger partial charge >= 0.3 is 36.6 Å². The van der Waals surface area contributed by atoms with Crippen LogP contribution in [0.2, 0.25) is 0 Å². The first-order chi connectivity index (χ1) is 33.6. The van der Waals surface area contributed by atoms with Gasteiger partial charge in [0.15, 0.2) is 0 Å². The second-order valence-corrected chi connectivity index (χ2v) is 18.7. The van der Waals surface area contributed by atoms with E-state index in [4.69, 9.17) is 0 Å². The predicted molar refractivity (Wildman–Crippen MR) is 243 cm³/mol. The molecule has 6 aromatic rings. The SMILES string of the molecule is CC1(C)CN(C(=O)c2cc(C(F)(F)F)cc(C(F)(F)F)c2)C=C(C(=O)O)c2[nH]c3ccccc3c21.CCn1c2c(c3c(C)cccc31)C(C)(C)CN(C(=O)c1cc(C(F)(F)F)ccc1C(F)(F)F)C=C2C(=O)O. The van der Waals surface area contributed by atoms with Gasteiger partial charge in [-0.15, -0.1) is 0 Å². The number of aryl methyl sites for hydroxylation is 2. The van der Waals surface area contributed by atoms with Gasteiger partial charge in [0.05, 0.1) is 50.4 Å². The molecule has 73 heavy (non-hydrogen) atoms. The van der Waals surface area contributed by atoms with Crippen LogP contribution in [0, 0.1) is 6.92 Å². The second kappa shape index (κ2) is 18.2. The molecule has 10 nitrogen and oxygen atoms in total. The number of hydrogen-bond donors (Lipinski definition) is 3. The minimum atomic E-state index is -5.13. The fourth-order valence-electron chi connectivity index (χ4n) is 9.55. The van der Waals surface area contributed by atoms with E-state index >= 15 is 0 Å². The molecule has 4 heterocycles. The monoisotopic (exact) mass is 1030 g/mol. The maximum Gasteiger partial charge on any atom is 0.417 e. The van der Waals surface area contributed by atoms with Crippen LogP contribution < -0.4 is 0 Å². The Labute approximate surface area is 406 Å². The average Bonchev–Trinajstić information content (AvgIpc) is 3.77. The molecule has 0 fully saturated rings. The van der Waals surface area contributed by atoms with E-state index < -0.39 is 92.7 Å². The molecule has 3 N–H and O–H groups in total. The van der Waals surface area contributed by atoms with Gasteiger partial charge in [0.1, 0.15) is 0 Å². The zero-order valence-corrected chi connectivity index (χ0v) is 39.2. The van der Waals surface area contributed by atoms with Crippen molar-refractivity contribution in [2.45, 2.75) is 83.6 Å². The number of alkyl halides is 12. The molecule has 2 aromatic heterocycles. The Bertz CT molecular complexity index is 3280. The number of H-pyrrole nitrogens is 1. The van der Waals surface area contributed by atoms with Crippen LogP contribution in [0.4, 0.5) is 52.7 Å². The first-order valence-electron chi connectivity index (χ1n) is 21.9. The number of carboxylic acid groups (broad SMARTS) is 2. The van der Waals surface area contributed by atoms with Gasteiger partial charge in [-0.25, -0.2) is 9.59 Å². The number of nitrogens with zero attached hydrogens (tertiary/aromatic N) is 3. The van der Waals surface area contributed by atoms with E-state index in [1.807, 2.05) is 25.1 Å². The highest BCUT2D eigenvalue weighted by Crippen LogP contribution is 2.46. The number of benzene rings is 4. The number of aromatic nitrogens is 2. The van der Waals surface area contributed by atoms with Crippen molar-refractivity contribution in [1.82, 2.24) is 19.4 Å². The summed E-state index contributed by atoms with van der Waals surface area (Å²) in [5.74, 6) is -5.43. The molecule has 0 unspecified atom stereocenters. The number of fused-ring (bicyclic) bond motifs is 6. The zero-order chi connectivity index (χ0) is 54.3. The summed E-state index contributed by atoms with van der Waals surface area (Å²) in [5.41, 5.74) is -7.03. The van der Waals surface area contributed by atoms with E-state index in [0.29, 0.717) is 46.4 Å². The molecule has 0 spiro atoms. The van der Waals surface area contributed by atoms with Gasteiger partial charge in [-0.05, 0) is 79.1 Å². The molecule has 8 rings (SSSR count). The third-order valence-corrected chi connectivity index (χ3v) is 12.6. The highest BCUT2D eigenvalue weighted by Gasteiger charge is 2.44. The van der Waals surface area contributed by atoms with Gasteiger partial charge < -0.3 is 29.6 Å². The smallest absolute Gasteiger partial charge is 0.417 e. The lowest BCUT2D eigenvalue weighted by Crippen LogP contribution is -2.37. The minimum Gasteiger partial charge on any atom is -0.478 e. The standard InChI is InChI=1S/C27H24F6N2O3.C24H18F6N2O3/c1-5-35-19-8-6-7-14(2)20(19)21-22(35)17(24(37)38)12-34(13-25(21,3)4)23(36)16-11-15(26(28,29)30)9-10-18(16)27(31,32)33;1-22(2)11-32(10-16(21(34)35)19-18(22)15-5-3-4-6-17(15)31-19)20(33)12-7-13(23(25,26)27)9-14(8-12)24(28,29)30/h6-12H,5,13H2,1-4H3,(H,37,38);3-10,31H,11H2,1-2H3,(H,34,35). The summed E-state index contributed by atoms with van der Waals surface area (Å²) in [7, 11) is 0. The number of halogens is 12. The van der Waals surface area contributed by atoms with Crippen LogP contribution >= 0.6 is 0 Å². The maximum absolute atomic E-state index is 13.8. The zero-order valence-electron chi connectivity index (χ0n) is 39.2. The molecule has 2 aliphatic heterocycles. The molecule has 0 atom stereocenters. The van der Waals surface area contributed by atoms with Crippen LogP contribution in [-0.4, -0.2) is 66.4 Å². The summed E-state index contributed by atoms with van der Waals surface area (Å²) in [5, 5.41) is 21.4. The van der Waals surface area contributed by atoms with Crippen LogP contribution in [0.5, 0.6) is 0 Å². The number of hydrogen-bond acceptors (Lipinski definition) is 4. The van der Waals surface area contributed by atoms with Crippen molar-refractivity contribution in [2.75, 3.05) is 13.1 Å². The van der Waals surface area contributed by atoms with Gasteiger partial charge in [-0.3, -0.25) is 9.59 Å². The fraction of sp³-hybridized carbons (Fsp3) is 0.294. The molecule has 0 saturated carbocycles. The van der Waals surface area contributed by atoms with Crippen LogP contribution in [0.15, 0.2) is 91.3 Å². The maximum atomic E-state index is 13.8. The van der Waals surface area contributed by atoms with E-state index in [1.165, 1.54) is 0 Å². The number of carbonyl (C=O) groups excluding carboxylic acids is 2. The van der Waals surface area contributed by atoms with Gasteiger partial charge in [-0.1, -0.05) is 58.0 Å². The van der Waals surface area contributed by atoms with Gasteiger partial charge in [0.25, 0.3) is 11.8 Å². The number of aliphatic carboxylic acids is 2. The number of para-hydroxylation sites is 1. The van der Waals surface area contributed by atoms with Crippen molar-refractivity contribution in [3.05, 3.63) is 153 Å². The van der Waals surface area contributed by atoms with Crippen molar-refractivity contribution < 1.29 is 82.1 Å². The first kappa shape index (κ1) is 53.3. The lowest BCUT2D eigenvalue weighted by atomic mass is 9.81. The lowest BCUT2D eigenvalue weighted by molar-refractivity contribution is -0.143.